The topological polar surface area (TPSA) is 26.0 Å². The van der Waals surface area contributed by atoms with Gasteiger partial charge in [0.15, 0.2) is 12.6 Å². The van der Waals surface area contributed by atoms with Crippen molar-refractivity contribution in [1.82, 2.24) is 0 Å². The van der Waals surface area contributed by atoms with Gasteiger partial charge in [-0.15, -0.1) is 0 Å². The van der Waals surface area contributed by atoms with Crippen LogP contribution in [0.1, 0.15) is 6.42 Å². The fourth-order valence-corrected chi connectivity index (χ4v) is 1.17. The molecular weight excluding hydrogens is 76.1 g/mol. The standard InChI is InChI=1S/C4H9N2/c5-6-2-1-4(6)3-6/h4H,1-3,5H2/q+1. The molecule has 0 aromatic rings. The molecule has 2 atom stereocenters. The largest absolute Gasteiger partial charge is 0.236 e. The van der Waals surface area contributed by atoms with E-state index in [0.717, 1.165) is 10.6 Å². The molecule has 0 saturated carbocycles. The summed E-state index contributed by atoms with van der Waals surface area (Å²) in [6.07, 6.45) is 1.39. The van der Waals surface area contributed by atoms with Crippen LogP contribution in [0.15, 0.2) is 0 Å². The normalized spacial score (nSPS) is 62.5. The van der Waals surface area contributed by atoms with Crippen LogP contribution in [-0.4, -0.2) is 23.7 Å². The first-order chi connectivity index (χ1) is 2.81. The molecule has 0 spiro atoms. The summed E-state index contributed by atoms with van der Waals surface area (Å²) < 4.78 is 0.917. The molecule has 0 radical (unpaired) electrons. The van der Waals surface area contributed by atoms with Crippen LogP contribution in [0.5, 0.6) is 0 Å². The van der Waals surface area contributed by atoms with Gasteiger partial charge in [-0.25, -0.2) is 4.59 Å². The van der Waals surface area contributed by atoms with Crippen molar-refractivity contribution in [3.8, 4) is 0 Å². The van der Waals surface area contributed by atoms with E-state index in [1.54, 1.807) is 0 Å². The highest BCUT2D eigenvalue weighted by molar-refractivity contribution is 4.80. The molecule has 0 bridgehead atoms. The zero-order valence-corrected chi connectivity index (χ0v) is 3.72. The van der Waals surface area contributed by atoms with Gasteiger partial charge in [-0.3, -0.25) is 0 Å². The Morgan fingerprint density at radius 2 is 2.33 bits per heavy atom. The van der Waals surface area contributed by atoms with Crippen molar-refractivity contribution in [2.45, 2.75) is 12.5 Å². The monoisotopic (exact) mass is 85.1 g/mol. The van der Waals surface area contributed by atoms with Crippen LogP contribution in [0.4, 0.5) is 0 Å². The summed E-state index contributed by atoms with van der Waals surface area (Å²) >= 11 is 0. The Kier molecular flexibility index (Phi) is 0.265. The Morgan fingerprint density at radius 1 is 1.67 bits per heavy atom. The summed E-state index contributed by atoms with van der Waals surface area (Å²) in [6.45, 7) is 2.50. The molecular formula is C4H9N2+. The van der Waals surface area contributed by atoms with E-state index in [2.05, 4.69) is 0 Å². The lowest BCUT2D eigenvalue weighted by atomic mass is 10.2. The zero-order valence-electron chi connectivity index (χ0n) is 3.72. The minimum absolute atomic E-state index is 0.894. The van der Waals surface area contributed by atoms with Crippen molar-refractivity contribution in [2.24, 2.45) is 5.84 Å². The smallest absolute Gasteiger partial charge is 0.163 e. The molecule has 34 valence electrons. The van der Waals surface area contributed by atoms with Gasteiger partial charge in [-0.2, -0.15) is 5.84 Å². The number of nitrogens with zero attached hydrogens (tertiary/aromatic N) is 1. The SMILES string of the molecule is N[N+]12CCC1C2. The summed E-state index contributed by atoms with van der Waals surface area (Å²) in [5.74, 6) is 5.63. The third-order valence-corrected chi connectivity index (χ3v) is 2.02. The van der Waals surface area contributed by atoms with Crippen molar-refractivity contribution in [1.29, 1.82) is 0 Å². The fraction of sp³-hybridized carbons (Fsp3) is 1.00. The van der Waals surface area contributed by atoms with Crippen molar-refractivity contribution in [3.05, 3.63) is 0 Å². The summed E-state index contributed by atoms with van der Waals surface area (Å²) in [5, 5.41) is 0. The second kappa shape index (κ2) is 0.532. The first-order valence-electron chi connectivity index (χ1n) is 2.47. The van der Waals surface area contributed by atoms with Crippen LogP contribution < -0.4 is 5.84 Å². The van der Waals surface area contributed by atoms with Crippen LogP contribution in [0.3, 0.4) is 0 Å². The van der Waals surface area contributed by atoms with Crippen LogP contribution in [-0.2, 0) is 0 Å². The second-order valence-corrected chi connectivity index (χ2v) is 2.45. The first-order valence-corrected chi connectivity index (χ1v) is 2.47. The fourth-order valence-electron chi connectivity index (χ4n) is 1.17. The number of nitrogens with two attached hydrogens (primary N) is 1. The molecule has 2 nitrogen and oxygen atoms in total. The Bertz CT molecular complexity index is 87.5. The Balaban J connectivity index is 2.22. The molecule has 2 saturated heterocycles. The molecule has 2 aliphatic rings. The molecule has 2 fully saturated rings. The van der Waals surface area contributed by atoms with Gasteiger partial charge in [0.1, 0.15) is 6.54 Å². The van der Waals surface area contributed by atoms with Gasteiger partial charge in [0.25, 0.3) is 0 Å². The maximum Gasteiger partial charge on any atom is 0.163 e. The van der Waals surface area contributed by atoms with E-state index in [-0.39, 0.29) is 0 Å². The maximum absolute atomic E-state index is 5.63. The van der Waals surface area contributed by atoms with Crippen molar-refractivity contribution in [2.75, 3.05) is 13.1 Å². The average molecular weight is 85.1 g/mol. The lowest BCUT2D eigenvalue weighted by molar-refractivity contribution is -0.859. The summed E-state index contributed by atoms with van der Waals surface area (Å²) in [6, 6.07) is 0.894. The van der Waals surface area contributed by atoms with E-state index >= 15 is 0 Å². The molecule has 6 heavy (non-hydrogen) atoms. The second-order valence-electron chi connectivity index (χ2n) is 2.45. The molecule has 2 rings (SSSR count). The van der Waals surface area contributed by atoms with Gasteiger partial charge >= 0.3 is 0 Å². The molecule has 2 N–H and O–H groups in total. The zero-order chi connectivity index (χ0) is 4.20. The van der Waals surface area contributed by atoms with Gasteiger partial charge in [0.2, 0.25) is 0 Å². The van der Waals surface area contributed by atoms with E-state index in [1.165, 1.54) is 19.5 Å². The van der Waals surface area contributed by atoms with E-state index < -0.39 is 0 Å². The van der Waals surface area contributed by atoms with Crippen LogP contribution in [0.25, 0.3) is 0 Å². The third-order valence-electron chi connectivity index (χ3n) is 2.02. The van der Waals surface area contributed by atoms with Crippen LogP contribution in [0.2, 0.25) is 0 Å². The highest BCUT2D eigenvalue weighted by Crippen LogP contribution is 2.37. The van der Waals surface area contributed by atoms with Gasteiger partial charge in [0.05, 0.1) is 6.42 Å². The van der Waals surface area contributed by atoms with Crippen molar-refractivity contribution < 1.29 is 4.59 Å². The summed E-state index contributed by atoms with van der Waals surface area (Å²) in [7, 11) is 0. The van der Waals surface area contributed by atoms with E-state index in [9.17, 15) is 0 Å². The highest BCUT2D eigenvalue weighted by Gasteiger charge is 2.61. The van der Waals surface area contributed by atoms with Crippen LogP contribution in [0, 0.1) is 0 Å². The molecule has 0 aromatic heterocycles. The summed E-state index contributed by atoms with van der Waals surface area (Å²) in [4.78, 5) is 0. The number of rotatable bonds is 0. The number of hydrogen-bond donors (Lipinski definition) is 1. The molecule has 2 unspecified atom stereocenters. The van der Waals surface area contributed by atoms with Gasteiger partial charge in [-0.1, -0.05) is 0 Å². The average Bonchev–Trinajstić information content (AvgIpc) is 1.88. The van der Waals surface area contributed by atoms with E-state index in [0.29, 0.717) is 0 Å². The van der Waals surface area contributed by atoms with E-state index in [1.807, 2.05) is 0 Å². The third kappa shape index (κ3) is 0.150. The van der Waals surface area contributed by atoms with Gasteiger partial charge in [-0.05, 0) is 0 Å². The molecule has 0 aromatic carbocycles. The van der Waals surface area contributed by atoms with Gasteiger partial charge in [0, 0.05) is 0 Å². The quantitative estimate of drug-likeness (QED) is 0.239. The minimum Gasteiger partial charge on any atom is -0.236 e. The number of hydrogen-bond acceptors (Lipinski definition) is 1. The lowest BCUT2D eigenvalue weighted by Gasteiger charge is -2.19. The van der Waals surface area contributed by atoms with Crippen LogP contribution >= 0.6 is 0 Å². The van der Waals surface area contributed by atoms with Crippen molar-refractivity contribution >= 4 is 0 Å². The predicted octanol–water partition coefficient (Wildman–Crippen LogP) is -0.537. The molecule has 0 aliphatic carbocycles. The summed E-state index contributed by atoms with van der Waals surface area (Å²) in [5.41, 5.74) is 0. The van der Waals surface area contributed by atoms with E-state index in [4.69, 9.17) is 5.84 Å². The Hall–Kier alpha value is -0.0800. The molecule has 2 heteroatoms. The first kappa shape index (κ1) is 2.99. The van der Waals surface area contributed by atoms with Crippen molar-refractivity contribution in [3.63, 3.8) is 0 Å². The molecule has 2 aliphatic heterocycles. The Labute approximate surface area is 37.1 Å². The predicted molar refractivity (Wildman–Crippen MR) is 22.6 cm³/mol. The Morgan fingerprint density at radius 3 is 2.33 bits per heavy atom. The number of fused-ring (bicyclic) bond motifs is 1. The molecule has 2 heterocycles. The maximum atomic E-state index is 5.63. The number of quaternary nitrogens is 1. The molecule has 0 amide bonds. The lowest BCUT2D eigenvalue weighted by Crippen LogP contribution is -2.45. The van der Waals surface area contributed by atoms with Gasteiger partial charge < -0.3 is 0 Å². The highest BCUT2D eigenvalue weighted by atomic mass is 15.7. The minimum atomic E-state index is 0.894.